The number of carbonyl (C=O) groups excluding carboxylic acids is 1. The highest BCUT2D eigenvalue weighted by Gasteiger charge is 2.44. The average Bonchev–Trinajstić information content (AvgIpc) is 2.86. The highest BCUT2D eigenvalue weighted by Crippen LogP contribution is 2.29. The van der Waals surface area contributed by atoms with Gasteiger partial charge < -0.3 is 10.0 Å². The van der Waals surface area contributed by atoms with E-state index in [2.05, 4.69) is 9.97 Å². The van der Waals surface area contributed by atoms with Gasteiger partial charge in [-0.05, 0) is 18.1 Å². The fraction of sp³-hybridized carbons (Fsp3) is 0.294. The van der Waals surface area contributed by atoms with Crippen molar-refractivity contribution in [2.75, 3.05) is 6.54 Å². The van der Waals surface area contributed by atoms with Gasteiger partial charge in [0, 0.05) is 18.9 Å². The SMILES string of the molecule is O=C(O)C1CN(Cc2ncccn2)C(=O)C1Cc1ccccc1. The zero-order valence-electron chi connectivity index (χ0n) is 12.5. The Labute approximate surface area is 133 Å². The molecule has 0 spiro atoms. The quantitative estimate of drug-likeness (QED) is 0.902. The topological polar surface area (TPSA) is 83.4 Å². The lowest BCUT2D eigenvalue weighted by Crippen LogP contribution is -2.28. The summed E-state index contributed by atoms with van der Waals surface area (Å²) >= 11 is 0. The molecule has 1 saturated heterocycles. The Morgan fingerprint density at radius 1 is 1.17 bits per heavy atom. The van der Waals surface area contributed by atoms with Crippen molar-refractivity contribution in [3.05, 3.63) is 60.2 Å². The lowest BCUT2D eigenvalue weighted by Gasteiger charge is -2.15. The molecule has 1 aromatic carbocycles. The number of hydrogen-bond donors (Lipinski definition) is 1. The normalized spacial score (nSPS) is 20.7. The summed E-state index contributed by atoms with van der Waals surface area (Å²) in [4.78, 5) is 33.9. The Morgan fingerprint density at radius 3 is 2.52 bits per heavy atom. The maximum Gasteiger partial charge on any atom is 0.309 e. The molecule has 2 heterocycles. The van der Waals surface area contributed by atoms with Crippen LogP contribution in [0.3, 0.4) is 0 Å². The van der Waals surface area contributed by atoms with Crippen LogP contribution in [0.15, 0.2) is 48.8 Å². The number of carbonyl (C=O) groups is 2. The summed E-state index contributed by atoms with van der Waals surface area (Å²) in [6.45, 7) is 0.443. The average molecular weight is 311 g/mol. The van der Waals surface area contributed by atoms with Crippen molar-refractivity contribution in [3.63, 3.8) is 0 Å². The van der Waals surface area contributed by atoms with E-state index in [1.165, 1.54) is 0 Å². The van der Waals surface area contributed by atoms with Crippen LogP contribution in [0.2, 0.25) is 0 Å². The van der Waals surface area contributed by atoms with Crippen molar-refractivity contribution in [1.82, 2.24) is 14.9 Å². The van der Waals surface area contributed by atoms with Gasteiger partial charge in [-0.2, -0.15) is 0 Å². The Morgan fingerprint density at radius 2 is 1.87 bits per heavy atom. The van der Waals surface area contributed by atoms with Crippen molar-refractivity contribution in [2.24, 2.45) is 11.8 Å². The number of nitrogens with zero attached hydrogens (tertiary/aromatic N) is 3. The molecule has 1 N–H and O–H groups in total. The molecule has 118 valence electrons. The number of hydrogen-bond acceptors (Lipinski definition) is 4. The zero-order chi connectivity index (χ0) is 16.2. The number of rotatable bonds is 5. The van der Waals surface area contributed by atoms with Crippen LogP contribution in [-0.4, -0.2) is 38.4 Å². The largest absolute Gasteiger partial charge is 0.481 e. The minimum Gasteiger partial charge on any atom is -0.481 e. The number of carboxylic acid groups (broad SMARTS) is 1. The van der Waals surface area contributed by atoms with Crippen LogP contribution >= 0.6 is 0 Å². The molecule has 2 unspecified atom stereocenters. The number of amides is 1. The molecule has 1 aliphatic heterocycles. The first-order valence-corrected chi connectivity index (χ1v) is 7.46. The van der Waals surface area contributed by atoms with Gasteiger partial charge in [-0.1, -0.05) is 30.3 Å². The second-order valence-corrected chi connectivity index (χ2v) is 5.62. The van der Waals surface area contributed by atoms with Gasteiger partial charge in [0.25, 0.3) is 0 Å². The van der Waals surface area contributed by atoms with Crippen molar-refractivity contribution < 1.29 is 14.7 Å². The number of carboxylic acids is 1. The summed E-state index contributed by atoms with van der Waals surface area (Å²) in [6.07, 6.45) is 3.65. The third-order valence-electron chi connectivity index (χ3n) is 4.10. The van der Waals surface area contributed by atoms with Crippen molar-refractivity contribution >= 4 is 11.9 Å². The molecule has 2 atom stereocenters. The van der Waals surface area contributed by atoms with E-state index in [1.807, 2.05) is 30.3 Å². The Hall–Kier alpha value is -2.76. The number of benzene rings is 1. The zero-order valence-corrected chi connectivity index (χ0v) is 12.5. The molecule has 0 aliphatic carbocycles. The lowest BCUT2D eigenvalue weighted by molar-refractivity contribution is -0.144. The van der Waals surface area contributed by atoms with Crippen LogP contribution in [0.25, 0.3) is 0 Å². The molecule has 1 aliphatic rings. The van der Waals surface area contributed by atoms with Crippen molar-refractivity contribution in [2.45, 2.75) is 13.0 Å². The summed E-state index contributed by atoms with van der Waals surface area (Å²) in [6, 6.07) is 11.2. The molecule has 0 bridgehead atoms. The van der Waals surface area contributed by atoms with Crippen molar-refractivity contribution in [1.29, 1.82) is 0 Å². The van der Waals surface area contributed by atoms with E-state index in [-0.39, 0.29) is 19.0 Å². The fourth-order valence-corrected chi connectivity index (χ4v) is 2.93. The summed E-state index contributed by atoms with van der Waals surface area (Å²) in [5.74, 6) is -1.81. The van der Waals surface area contributed by atoms with E-state index in [4.69, 9.17) is 0 Å². The molecule has 6 nitrogen and oxygen atoms in total. The highest BCUT2D eigenvalue weighted by molar-refractivity contribution is 5.88. The molecular formula is C17H17N3O3. The molecule has 3 rings (SSSR count). The molecule has 1 fully saturated rings. The third kappa shape index (κ3) is 3.36. The first-order chi connectivity index (χ1) is 11.1. The number of aliphatic carboxylic acids is 1. The van der Waals surface area contributed by atoms with E-state index in [0.29, 0.717) is 12.2 Å². The van der Waals surface area contributed by atoms with E-state index in [9.17, 15) is 14.7 Å². The first kappa shape index (κ1) is 15.1. The van der Waals surface area contributed by atoms with Crippen LogP contribution in [0.1, 0.15) is 11.4 Å². The van der Waals surface area contributed by atoms with Gasteiger partial charge in [0.05, 0.1) is 18.4 Å². The minimum atomic E-state index is -0.934. The lowest BCUT2D eigenvalue weighted by atomic mass is 9.89. The second-order valence-electron chi connectivity index (χ2n) is 5.62. The van der Waals surface area contributed by atoms with E-state index in [1.54, 1.807) is 23.4 Å². The molecule has 0 saturated carbocycles. The smallest absolute Gasteiger partial charge is 0.309 e. The molecule has 23 heavy (non-hydrogen) atoms. The fourth-order valence-electron chi connectivity index (χ4n) is 2.93. The predicted molar refractivity (Wildman–Crippen MR) is 82.2 cm³/mol. The second kappa shape index (κ2) is 6.56. The van der Waals surface area contributed by atoms with Gasteiger partial charge in [-0.15, -0.1) is 0 Å². The number of likely N-dealkylation sites (tertiary alicyclic amines) is 1. The molecular weight excluding hydrogens is 294 g/mol. The summed E-state index contributed by atoms with van der Waals surface area (Å²) in [5, 5.41) is 9.45. The van der Waals surface area contributed by atoms with Crippen molar-refractivity contribution in [3.8, 4) is 0 Å². The maximum absolute atomic E-state index is 12.6. The van der Waals surface area contributed by atoms with Gasteiger partial charge >= 0.3 is 5.97 Å². The predicted octanol–water partition coefficient (Wildman–Crippen LogP) is 1.38. The van der Waals surface area contributed by atoms with E-state index in [0.717, 1.165) is 5.56 Å². The van der Waals surface area contributed by atoms with Gasteiger partial charge in [-0.25, -0.2) is 9.97 Å². The maximum atomic E-state index is 12.6. The highest BCUT2D eigenvalue weighted by atomic mass is 16.4. The molecule has 2 aromatic rings. The number of aromatic nitrogens is 2. The van der Waals surface area contributed by atoms with Crippen LogP contribution < -0.4 is 0 Å². The monoisotopic (exact) mass is 311 g/mol. The standard InChI is InChI=1S/C17H17N3O3/c21-16-13(9-12-5-2-1-3-6-12)14(17(22)23)10-20(16)11-15-18-7-4-8-19-15/h1-8,13-14H,9-11H2,(H,22,23). The van der Waals surface area contributed by atoms with Crippen LogP contribution in [0.4, 0.5) is 0 Å². The summed E-state index contributed by atoms with van der Waals surface area (Å²) in [5.41, 5.74) is 0.968. The third-order valence-corrected chi connectivity index (χ3v) is 4.10. The van der Waals surface area contributed by atoms with Gasteiger partial charge in [-0.3, -0.25) is 9.59 Å². The van der Waals surface area contributed by atoms with Gasteiger partial charge in [0.1, 0.15) is 5.82 Å². The Kier molecular flexibility index (Phi) is 4.32. The molecule has 0 radical (unpaired) electrons. The summed E-state index contributed by atoms with van der Waals surface area (Å²) < 4.78 is 0. The van der Waals surface area contributed by atoms with Gasteiger partial charge in [0.15, 0.2) is 0 Å². The van der Waals surface area contributed by atoms with Crippen LogP contribution in [0, 0.1) is 11.8 Å². The van der Waals surface area contributed by atoms with Crippen LogP contribution in [0.5, 0.6) is 0 Å². The van der Waals surface area contributed by atoms with Gasteiger partial charge in [0.2, 0.25) is 5.91 Å². The molecule has 6 heteroatoms. The van der Waals surface area contributed by atoms with E-state index >= 15 is 0 Å². The molecule has 1 amide bonds. The minimum absolute atomic E-state index is 0.145. The van der Waals surface area contributed by atoms with Crippen LogP contribution in [-0.2, 0) is 22.6 Å². The Balaban J connectivity index is 1.78. The van der Waals surface area contributed by atoms with E-state index < -0.39 is 17.8 Å². The first-order valence-electron chi connectivity index (χ1n) is 7.46. The Bertz CT molecular complexity index is 691. The summed E-state index contributed by atoms with van der Waals surface area (Å²) in [7, 11) is 0. The molecule has 1 aromatic heterocycles.